The van der Waals surface area contributed by atoms with E-state index in [2.05, 4.69) is 20.6 Å². The van der Waals surface area contributed by atoms with Crippen molar-refractivity contribution in [2.24, 2.45) is 0 Å². The van der Waals surface area contributed by atoms with Crippen molar-refractivity contribution in [2.45, 2.75) is 64.2 Å². The highest BCUT2D eigenvalue weighted by molar-refractivity contribution is 5.76. The number of alkyl halides is 4. The average molecular weight is 791 g/mol. The number of rotatable bonds is 21. The number of hydrogen-bond donors (Lipinski definition) is 6. The number of carbonyl (C=O) groups is 2. The van der Waals surface area contributed by atoms with Gasteiger partial charge in [-0.05, 0) is 59.4 Å². The topological polar surface area (TPSA) is 202 Å². The van der Waals surface area contributed by atoms with Gasteiger partial charge in [-0.25, -0.2) is 9.59 Å². The van der Waals surface area contributed by atoms with Crippen LogP contribution in [0.4, 0.5) is 17.6 Å². The number of aliphatic carboxylic acids is 2. The minimum atomic E-state index is -4.31. The van der Waals surface area contributed by atoms with Crippen molar-refractivity contribution in [1.82, 2.24) is 20.6 Å². The first-order chi connectivity index (χ1) is 26.5. The molecule has 302 valence electrons. The van der Waals surface area contributed by atoms with Gasteiger partial charge in [0.05, 0.1) is 14.2 Å². The van der Waals surface area contributed by atoms with Crippen LogP contribution in [0.25, 0.3) is 11.1 Å². The SMILES string of the molecule is COc1nc(OCc2cccc(-c3cccc(COc4ccc(CNCC(O)C(F)(F)C(=O)O)c(OC)n4)c3C)c2C)ccc1CNCC(O)C(F)(F)C(=O)O. The van der Waals surface area contributed by atoms with Crippen molar-refractivity contribution < 1.29 is 66.5 Å². The molecule has 56 heavy (non-hydrogen) atoms. The Labute approximate surface area is 319 Å². The number of aromatic nitrogens is 2. The Hall–Kier alpha value is -5.56. The number of pyridine rings is 2. The maximum Gasteiger partial charge on any atom is 0.377 e. The van der Waals surface area contributed by atoms with Gasteiger partial charge in [-0.15, -0.1) is 0 Å². The number of aliphatic hydroxyl groups is 2. The third-order valence-corrected chi connectivity index (χ3v) is 8.86. The van der Waals surface area contributed by atoms with E-state index in [1.165, 1.54) is 14.2 Å². The van der Waals surface area contributed by atoms with Gasteiger partial charge in [-0.2, -0.15) is 27.5 Å². The average Bonchev–Trinajstić information content (AvgIpc) is 3.17. The van der Waals surface area contributed by atoms with Crippen LogP contribution in [0.15, 0.2) is 60.7 Å². The Bertz CT molecular complexity index is 1860. The fraction of sp³-hybridized carbons (Fsp3) is 0.368. The summed E-state index contributed by atoms with van der Waals surface area (Å²) in [6.45, 7) is 2.78. The number of halogens is 4. The van der Waals surface area contributed by atoms with Gasteiger partial charge in [-0.3, -0.25) is 0 Å². The molecule has 2 aromatic carbocycles. The first kappa shape index (κ1) is 43.2. The van der Waals surface area contributed by atoms with E-state index < -0.39 is 49.1 Å². The summed E-state index contributed by atoms with van der Waals surface area (Å²) in [4.78, 5) is 30.0. The van der Waals surface area contributed by atoms with E-state index in [0.29, 0.717) is 11.1 Å². The molecule has 18 heteroatoms. The zero-order chi connectivity index (χ0) is 41.2. The Morgan fingerprint density at radius 2 is 1.02 bits per heavy atom. The third kappa shape index (κ3) is 10.4. The molecule has 2 aromatic heterocycles. The lowest BCUT2D eigenvalue weighted by Gasteiger charge is -2.19. The zero-order valence-electron chi connectivity index (χ0n) is 30.8. The molecule has 4 aromatic rings. The van der Waals surface area contributed by atoms with Gasteiger partial charge in [0.1, 0.15) is 25.4 Å². The summed E-state index contributed by atoms with van der Waals surface area (Å²) in [5.74, 6) is -12.7. The highest BCUT2D eigenvalue weighted by Gasteiger charge is 2.47. The Morgan fingerprint density at radius 3 is 1.36 bits per heavy atom. The Morgan fingerprint density at radius 1 is 0.643 bits per heavy atom. The van der Waals surface area contributed by atoms with Crippen LogP contribution in [-0.4, -0.2) is 93.7 Å². The molecular weight excluding hydrogens is 748 g/mol. The number of benzene rings is 2. The van der Waals surface area contributed by atoms with Gasteiger partial charge in [0.25, 0.3) is 0 Å². The molecule has 6 N–H and O–H groups in total. The molecule has 0 fully saturated rings. The maximum absolute atomic E-state index is 13.5. The molecule has 2 heterocycles. The standard InChI is InChI=1S/C38H42F4N4O10/c1-21-25(19-55-31-13-11-23(33(45-31)53-3)15-43-17-29(47)37(39,40)35(49)50)7-5-9-27(21)28-10-6-8-26(22(28)2)20-56-32-14-12-24(34(46-32)54-4)16-44-18-30(48)38(41,42)36(51)52/h5-14,29-30,43-44,47-48H,15-20H2,1-4H3,(H,49,50)(H,51,52). The summed E-state index contributed by atoms with van der Waals surface area (Å²) in [5, 5.41) is 41.5. The highest BCUT2D eigenvalue weighted by Crippen LogP contribution is 2.32. The number of hydrogen-bond acceptors (Lipinski definition) is 12. The molecule has 0 saturated carbocycles. The summed E-state index contributed by atoms with van der Waals surface area (Å²) in [7, 11) is 2.75. The quantitative estimate of drug-likeness (QED) is 0.0654. The van der Waals surface area contributed by atoms with Crippen molar-refractivity contribution in [1.29, 1.82) is 0 Å². The van der Waals surface area contributed by atoms with Crippen LogP contribution in [0.1, 0.15) is 33.4 Å². The van der Waals surface area contributed by atoms with Crippen LogP contribution in [0, 0.1) is 13.8 Å². The number of carboxylic acid groups (broad SMARTS) is 2. The fourth-order valence-electron chi connectivity index (χ4n) is 5.48. The van der Waals surface area contributed by atoms with Gasteiger partial charge < -0.3 is 50.0 Å². The fourth-order valence-corrected chi connectivity index (χ4v) is 5.48. The first-order valence-corrected chi connectivity index (χ1v) is 17.0. The van der Waals surface area contributed by atoms with Crippen molar-refractivity contribution in [3.05, 3.63) is 94.0 Å². The van der Waals surface area contributed by atoms with Crippen LogP contribution in [0.5, 0.6) is 23.5 Å². The summed E-state index contributed by atoms with van der Waals surface area (Å²) < 4.78 is 76.6. The molecule has 2 unspecified atom stereocenters. The van der Waals surface area contributed by atoms with Crippen molar-refractivity contribution >= 4 is 11.9 Å². The molecule has 0 amide bonds. The Balaban J connectivity index is 1.39. The third-order valence-electron chi connectivity index (χ3n) is 8.86. The van der Waals surface area contributed by atoms with Gasteiger partial charge in [0.15, 0.2) is 0 Å². The van der Waals surface area contributed by atoms with E-state index in [-0.39, 0.29) is 49.8 Å². The predicted octanol–water partition coefficient (Wildman–Crippen LogP) is 4.28. The summed E-state index contributed by atoms with van der Waals surface area (Å²) in [6, 6.07) is 18.0. The number of nitrogens with one attached hydrogen (secondary N) is 2. The number of nitrogens with zero attached hydrogens (tertiary/aromatic N) is 2. The van der Waals surface area contributed by atoms with Crippen molar-refractivity contribution in [2.75, 3.05) is 27.3 Å². The second-order valence-electron chi connectivity index (χ2n) is 12.5. The van der Waals surface area contributed by atoms with Crippen molar-refractivity contribution in [3.63, 3.8) is 0 Å². The molecule has 0 bridgehead atoms. The van der Waals surface area contributed by atoms with Gasteiger partial charge in [0, 0.05) is 49.4 Å². The van der Waals surface area contributed by atoms with E-state index in [0.717, 1.165) is 33.4 Å². The van der Waals surface area contributed by atoms with Crippen LogP contribution < -0.4 is 29.6 Å². The first-order valence-electron chi connectivity index (χ1n) is 17.0. The van der Waals surface area contributed by atoms with E-state index in [1.807, 2.05) is 50.2 Å². The van der Waals surface area contributed by atoms with Crippen LogP contribution in [-0.2, 0) is 35.9 Å². The molecule has 0 aliphatic rings. The molecular formula is C38H42F4N4O10. The van der Waals surface area contributed by atoms with Crippen LogP contribution >= 0.6 is 0 Å². The molecule has 4 rings (SSSR count). The minimum absolute atomic E-state index is 0.0404. The summed E-state index contributed by atoms with van der Waals surface area (Å²) >= 11 is 0. The number of carboxylic acids is 2. The zero-order valence-corrected chi connectivity index (χ0v) is 30.8. The lowest BCUT2D eigenvalue weighted by atomic mass is 9.92. The van der Waals surface area contributed by atoms with E-state index in [4.69, 9.17) is 29.2 Å². The Kier molecular flexibility index (Phi) is 14.5. The number of ether oxygens (including phenoxy) is 4. The smallest absolute Gasteiger partial charge is 0.377 e. The van der Waals surface area contributed by atoms with Crippen LogP contribution in [0.3, 0.4) is 0 Å². The van der Waals surface area contributed by atoms with E-state index in [9.17, 15) is 37.4 Å². The molecule has 2 atom stereocenters. The largest absolute Gasteiger partial charge is 0.481 e. The molecule has 0 radical (unpaired) electrons. The number of aliphatic hydroxyl groups excluding tert-OH is 2. The maximum atomic E-state index is 13.5. The summed E-state index contributed by atoms with van der Waals surface area (Å²) in [6.07, 6.45) is -4.87. The molecule has 0 aliphatic heterocycles. The molecule has 0 aliphatic carbocycles. The molecule has 14 nitrogen and oxygen atoms in total. The van der Waals surface area contributed by atoms with E-state index >= 15 is 0 Å². The normalized spacial score (nSPS) is 12.8. The predicted molar refractivity (Wildman–Crippen MR) is 192 cm³/mol. The summed E-state index contributed by atoms with van der Waals surface area (Å²) in [5.41, 5.74) is 6.49. The van der Waals surface area contributed by atoms with Crippen LogP contribution in [0.2, 0.25) is 0 Å². The van der Waals surface area contributed by atoms with Gasteiger partial charge >= 0.3 is 23.8 Å². The molecule has 0 spiro atoms. The van der Waals surface area contributed by atoms with Gasteiger partial charge in [-0.1, -0.05) is 36.4 Å². The lowest BCUT2D eigenvalue weighted by Crippen LogP contribution is -2.46. The molecule has 0 saturated heterocycles. The van der Waals surface area contributed by atoms with E-state index in [1.54, 1.807) is 24.3 Å². The number of methoxy groups -OCH3 is 2. The minimum Gasteiger partial charge on any atom is -0.481 e. The lowest BCUT2D eigenvalue weighted by molar-refractivity contribution is -0.181. The second kappa shape index (κ2) is 18.9. The second-order valence-corrected chi connectivity index (χ2v) is 12.5. The highest BCUT2D eigenvalue weighted by atomic mass is 19.3. The monoisotopic (exact) mass is 790 g/mol. The van der Waals surface area contributed by atoms with Crippen molar-refractivity contribution in [3.8, 4) is 34.6 Å². The van der Waals surface area contributed by atoms with Gasteiger partial charge in [0.2, 0.25) is 23.5 Å².